The number of rotatable bonds is 1. The fourth-order valence-corrected chi connectivity index (χ4v) is 4.41. The zero-order valence-corrected chi connectivity index (χ0v) is 14.3. The number of benzene rings is 1. The molecule has 5 nitrogen and oxygen atoms in total. The summed E-state index contributed by atoms with van der Waals surface area (Å²) in [4.78, 5) is 31.1. The number of aryl methyl sites for hydroxylation is 1. The van der Waals surface area contributed by atoms with E-state index >= 15 is 0 Å². The standard InChI is InChI=1S/C19H25N3O2/c1-15-5-4-6-16(11-15)22-14-19(12-17(22)23)7-10-21(13-19)18(24)20-8-2-3-9-20/h4-6,11H,2-3,7-10,12-14H2,1H3/t19-/m0/s1. The Bertz CT molecular complexity index is 668. The molecule has 24 heavy (non-hydrogen) atoms. The van der Waals surface area contributed by atoms with Gasteiger partial charge in [0.1, 0.15) is 0 Å². The normalized spacial score (nSPS) is 26.9. The molecule has 1 spiro atoms. The molecule has 0 bridgehead atoms. The first-order valence-electron chi connectivity index (χ1n) is 8.97. The first kappa shape index (κ1) is 15.5. The quantitative estimate of drug-likeness (QED) is 0.796. The second-order valence-electron chi connectivity index (χ2n) is 7.64. The number of hydrogen-bond donors (Lipinski definition) is 0. The van der Waals surface area contributed by atoms with Crippen LogP contribution in [0.15, 0.2) is 24.3 Å². The van der Waals surface area contributed by atoms with Gasteiger partial charge in [0.25, 0.3) is 0 Å². The van der Waals surface area contributed by atoms with Crippen LogP contribution in [0.2, 0.25) is 0 Å². The highest BCUT2D eigenvalue weighted by molar-refractivity contribution is 5.96. The Balaban J connectivity index is 1.47. The van der Waals surface area contributed by atoms with E-state index in [4.69, 9.17) is 0 Å². The summed E-state index contributed by atoms with van der Waals surface area (Å²) >= 11 is 0. The Morgan fingerprint density at radius 3 is 2.62 bits per heavy atom. The Labute approximate surface area is 143 Å². The van der Waals surface area contributed by atoms with Gasteiger partial charge < -0.3 is 14.7 Å². The lowest BCUT2D eigenvalue weighted by atomic mass is 9.86. The first-order chi connectivity index (χ1) is 11.6. The van der Waals surface area contributed by atoms with Gasteiger partial charge in [-0.1, -0.05) is 12.1 Å². The highest BCUT2D eigenvalue weighted by Gasteiger charge is 2.49. The Kier molecular flexibility index (Phi) is 3.74. The van der Waals surface area contributed by atoms with Gasteiger partial charge in [-0.2, -0.15) is 0 Å². The molecule has 3 saturated heterocycles. The summed E-state index contributed by atoms with van der Waals surface area (Å²) in [6, 6.07) is 8.29. The molecule has 3 fully saturated rings. The predicted molar refractivity (Wildman–Crippen MR) is 93.0 cm³/mol. The molecule has 1 atom stereocenters. The van der Waals surface area contributed by atoms with Crippen molar-refractivity contribution in [1.82, 2.24) is 9.80 Å². The van der Waals surface area contributed by atoms with Crippen LogP contribution in [0.5, 0.6) is 0 Å². The molecule has 0 aromatic heterocycles. The smallest absolute Gasteiger partial charge is 0.320 e. The Hall–Kier alpha value is -2.04. The molecule has 3 aliphatic rings. The highest BCUT2D eigenvalue weighted by atomic mass is 16.2. The predicted octanol–water partition coefficient (Wildman–Crippen LogP) is 2.64. The molecule has 1 aromatic rings. The van der Waals surface area contributed by atoms with Gasteiger partial charge in [0, 0.05) is 50.2 Å². The van der Waals surface area contributed by atoms with Gasteiger partial charge in [0.2, 0.25) is 5.91 Å². The van der Waals surface area contributed by atoms with Crippen LogP contribution >= 0.6 is 0 Å². The zero-order valence-electron chi connectivity index (χ0n) is 14.3. The van der Waals surface area contributed by atoms with Crippen molar-refractivity contribution in [1.29, 1.82) is 0 Å². The number of hydrogen-bond acceptors (Lipinski definition) is 2. The van der Waals surface area contributed by atoms with Gasteiger partial charge in [0.05, 0.1) is 0 Å². The van der Waals surface area contributed by atoms with Gasteiger partial charge in [-0.05, 0) is 43.9 Å². The van der Waals surface area contributed by atoms with E-state index in [0.717, 1.165) is 57.7 Å². The Morgan fingerprint density at radius 1 is 1.08 bits per heavy atom. The van der Waals surface area contributed by atoms with Crippen molar-refractivity contribution < 1.29 is 9.59 Å². The molecule has 0 N–H and O–H groups in total. The average molecular weight is 327 g/mol. The second kappa shape index (κ2) is 5.80. The second-order valence-corrected chi connectivity index (χ2v) is 7.64. The highest BCUT2D eigenvalue weighted by Crippen LogP contribution is 2.42. The lowest BCUT2D eigenvalue weighted by molar-refractivity contribution is -0.117. The maximum absolute atomic E-state index is 12.6. The van der Waals surface area contributed by atoms with Crippen LogP contribution < -0.4 is 4.90 Å². The molecule has 5 heteroatoms. The minimum Gasteiger partial charge on any atom is -0.325 e. The molecule has 0 radical (unpaired) electrons. The van der Waals surface area contributed by atoms with E-state index in [1.807, 2.05) is 39.8 Å². The number of nitrogens with zero attached hydrogens (tertiary/aromatic N) is 3. The fourth-order valence-electron chi connectivity index (χ4n) is 4.41. The van der Waals surface area contributed by atoms with Crippen molar-refractivity contribution in [2.75, 3.05) is 37.6 Å². The summed E-state index contributed by atoms with van der Waals surface area (Å²) in [5, 5.41) is 0. The van der Waals surface area contributed by atoms with E-state index in [2.05, 4.69) is 6.07 Å². The van der Waals surface area contributed by atoms with Crippen LogP contribution in [-0.4, -0.2) is 54.5 Å². The molecular formula is C19H25N3O2. The molecule has 0 saturated carbocycles. The van der Waals surface area contributed by atoms with Gasteiger partial charge in [-0.3, -0.25) is 4.79 Å². The molecule has 3 aliphatic heterocycles. The van der Waals surface area contributed by atoms with Gasteiger partial charge >= 0.3 is 6.03 Å². The van der Waals surface area contributed by atoms with Crippen LogP contribution in [0, 0.1) is 12.3 Å². The molecule has 0 aliphatic carbocycles. The van der Waals surface area contributed by atoms with Gasteiger partial charge in [-0.15, -0.1) is 0 Å². The number of urea groups is 1. The fraction of sp³-hybridized carbons (Fsp3) is 0.579. The average Bonchev–Trinajstić information content (AvgIpc) is 3.28. The number of anilines is 1. The van der Waals surface area contributed by atoms with Crippen molar-refractivity contribution in [2.45, 2.75) is 32.6 Å². The lowest BCUT2D eigenvalue weighted by Gasteiger charge is -2.27. The van der Waals surface area contributed by atoms with E-state index in [1.54, 1.807) is 0 Å². The summed E-state index contributed by atoms with van der Waals surface area (Å²) in [5.74, 6) is 0.191. The van der Waals surface area contributed by atoms with E-state index < -0.39 is 0 Å². The van der Waals surface area contributed by atoms with Crippen LogP contribution in [0.3, 0.4) is 0 Å². The van der Waals surface area contributed by atoms with Crippen molar-refractivity contribution in [2.24, 2.45) is 5.41 Å². The van der Waals surface area contributed by atoms with Crippen molar-refractivity contribution in [3.63, 3.8) is 0 Å². The van der Waals surface area contributed by atoms with Crippen molar-refractivity contribution >= 4 is 17.6 Å². The maximum atomic E-state index is 12.6. The molecular weight excluding hydrogens is 302 g/mol. The van der Waals surface area contributed by atoms with Crippen LogP contribution in [0.1, 0.15) is 31.2 Å². The third kappa shape index (κ3) is 2.66. The molecule has 3 amide bonds. The minimum atomic E-state index is -0.0593. The van der Waals surface area contributed by atoms with Crippen LogP contribution in [0.4, 0.5) is 10.5 Å². The topological polar surface area (TPSA) is 43.9 Å². The van der Waals surface area contributed by atoms with Crippen molar-refractivity contribution in [3.8, 4) is 0 Å². The third-order valence-electron chi connectivity index (χ3n) is 5.72. The monoisotopic (exact) mass is 327 g/mol. The summed E-state index contributed by atoms with van der Waals surface area (Å²) in [7, 11) is 0. The number of amides is 3. The van der Waals surface area contributed by atoms with E-state index in [9.17, 15) is 9.59 Å². The van der Waals surface area contributed by atoms with Gasteiger partial charge in [-0.25, -0.2) is 4.79 Å². The minimum absolute atomic E-state index is 0.0593. The summed E-state index contributed by atoms with van der Waals surface area (Å²) in [5.41, 5.74) is 2.09. The molecule has 128 valence electrons. The first-order valence-corrected chi connectivity index (χ1v) is 8.97. The van der Waals surface area contributed by atoms with E-state index in [-0.39, 0.29) is 17.4 Å². The lowest BCUT2D eigenvalue weighted by Crippen LogP contribution is -2.42. The molecule has 3 heterocycles. The molecule has 0 unspecified atom stereocenters. The largest absolute Gasteiger partial charge is 0.325 e. The summed E-state index contributed by atoms with van der Waals surface area (Å²) in [6.45, 7) is 6.05. The summed E-state index contributed by atoms with van der Waals surface area (Å²) < 4.78 is 0. The Morgan fingerprint density at radius 2 is 1.88 bits per heavy atom. The van der Waals surface area contributed by atoms with Crippen LogP contribution in [-0.2, 0) is 4.79 Å². The number of likely N-dealkylation sites (tertiary alicyclic amines) is 2. The zero-order chi connectivity index (χ0) is 16.7. The number of carbonyl (C=O) groups excluding carboxylic acids is 2. The molecule has 4 rings (SSSR count). The maximum Gasteiger partial charge on any atom is 0.320 e. The van der Waals surface area contributed by atoms with Gasteiger partial charge in [0.15, 0.2) is 0 Å². The number of carbonyl (C=O) groups is 2. The summed E-state index contributed by atoms with van der Waals surface area (Å²) in [6.07, 6.45) is 3.72. The third-order valence-corrected chi connectivity index (χ3v) is 5.72. The SMILES string of the molecule is Cc1cccc(N2C[C@@]3(CCN(C(=O)N4CCCC4)C3)CC2=O)c1. The van der Waals surface area contributed by atoms with Crippen LogP contribution in [0.25, 0.3) is 0 Å². The molecule has 1 aromatic carbocycles. The van der Waals surface area contributed by atoms with E-state index in [1.165, 1.54) is 5.56 Å². The van der Waals surface area contributed by atoms with E-state index in [0.29, 0.717) is 6.42 Å². The van der Waals surface area contributed by atoms with Crippen molar-refractivity contribution in [3.05, 3.63) is 29.8 Å².